The second-order valence-electron chi connectivity index (χ2n) is 3.50. The number of carbonyl (C=O) groups is 1. The number of fused-ring (bicyclic) bond motifs is 1. The predicted molar refractivity (Wildman–Crippen MR) is 55.5 cm³/mol. The molecule has 14 heavy (non-hydrogen) atoms. The maximum Gasteiger partial charge on any atom is 0.180 e. The van der Waals surface area contributed by atoms with E-state index in [9.17, 15) is 4.79 Å². The van der Waals surface area contributed by atoms with Gasteiger partial charge < -0.3 is 0 Å². The molecule has 0 aliphatic heterocycles. The van der Waals surface area contributed by atoms with E-state index >= 15 is 0 Å². The van der Waals surface area contributed by atoms with Crippen LogP contribution in [-0.2, 0) is 7.05 Å². The zero-order valence-corrected chi connectivity index (χ0v) is 8.53. The lowest BCUT2D eigenvalue weighted by Gasteiger charge is -1.97. The first-order chi connectivity index (χ1) is 6.61. The van der Waals surface area contributed by atoms with Crippen LogP contribution in [0.4, 0.5) is 0 Å². The molecular weight excluding hydrogens is 176 g/mol. The minimum atomic E-state index is 0.0150. The molecule has 0 fully saturated rings. The Labute approximate surface area is 82.3 Å². The minimum absolute atomic E-state index is 0.0150. The maximum absolute atomic E-state index is 11.3. The number of nitrogens with zero attached hydrogens (tertiary/aromatic N) is 2. The van der Waals surface area contributed by atoms with Gasteiger partial charge >= 0.3 is 0 Å². The molecule has 0 amide bonds. The summed E-state index contributed by atoms with van der Waals surface area (Å²) in [6.45, 7) is 3.57. The molecule has 0 saturated carbocycles. The molecule has 3 heteroatoms. The van der Waals surface area contributed by atoms with Gasteiger partial charge in [0.25, 0.3) is 0 Å². The van der Waals surface area contributed by atoms with Gasteiger partial charge in [0.05, 0.1) is 5.52 Å². The zero-order chi connectivity index (χ0) is 10.3. The van der Waals surface area contributed by atoms with Crippen molar-refractivity contribution in [3.8, 4) is 0 Å². The van der Waals surface area contributed by atoms with E-state index in [2.05, 4.69) is 5.10 Å². The minimum Gasteiger partial charge on any atom is -0.293 e. The van der Waals surface area contributed by atoms with Crippen LogP contribution in [0.3, 0.4) is 0 Å². The number of hydrogen-bond donors (Lipinski definition) is 0. The van der Waals surface area contributed by atoms with Crippen LogP contribution >= 0.6 is 0 Å². The van der Waals surface area contributed by atoms with Crippen molar-refractivity contribution in [2.24, 2.45) is 7.05 Å². The summed E-state index contributed by atoms with van der Waals surface area (Å²) in [6, 6.07) is 5.91. The molecular formula is C11H12N2O. The molecule has 3 nitrogen and oxygen atoms in total. The van der Waals surface area contributed by atoms with E-state index < -0.39 is 0 Å². The van der Waals surface area contributed by atoms with Crippen LogP contribution in [0.5, 0.6) is 0 Å². The van der Waals surface area contributed by atoms with Crippen LogP contribution in [0.1, 0.15) is 23.0 Å². The lowest BCUT2D eigenvalue weighted by Crippen LogP contribution is -1.96. The Hall–Kier alpha value is -1.64. The van der Waals surface area contributed by atoms with Gasteiger partial charge in [-0.1, -0.05) is 18.2 Å². The number of carbonyl (C=O) groups excluding carboxylic acids is 1. The molecule has 1 aromatic heterocycles. The highest BCUT2D eigenvalue weighted by Gasteiger charge is 2.12. The van der Waals surface area contributed by atoms with E-state index in [0.717, 1.165) is 16.5 Å². The van der Waals surface area contributed by atoms with Gasteiger partial charge in [0, 0.05) is 19.4 Å². The number of hydrogen-bond acceptors (Lipinski definition) is 2. The van der Waals surface area contributed by atoms with Crippen molar-refractivity contribution in [1.82, 2.24) is 9.78 Å². The van der Waals surface area contributed by atoms with E-state index in [1.165, 1.54) is 0 Å². The zero-order valence-electron chi connectivity index (χ0n) is 8.53. The van der Waals surface area contributed by atoms with Gasteiger partial charge in [-0.25, -0.2) is 0 Å². The average molecular weight is 188 g/mol. The van der Waals surface area contributed by atoms with E-state index in [0.29, 0.717) is 5.69 Å². The predicted octanol–water partition coefficient (Wildman–Crippen LogP) is 2.08. The fourth-order valence-electron chi connectivity index (χ4n) is 1.79. The summed E-state index contributed by atoms with van der Waals surface area (Å²) in [7, 11) is 1.86. The Morgan fingerprint density at radius 2 is 2.14 bits per heavy atom. The van der Waals surface area contributed by atoms with Crippen molar-refractivity contribution in [3.05, 3.63) is 29.5 Å². The monoisotopic (exact) mass is 188 g/mol. The lowest BCUT2D eigenvalue weighted by atomic mass is 10.1. The van der Waals surface area contributed by atoms with Crippen LogP contribution < -0.4 is 0 Å². The second-order valence-corrected chi connectivity index (χ2v) is 3.50. The van der Waals surface area contributed by atoms with Gasteiger partial charge in [-0.05, 0) is 12.5 Å². The molecule has 72 valence electrons. The van der Waals surface area contributed by atoms with Crippen molar-refractivity contribution in [2.45, 2.75) is 13.8 Å². The molecule has 0 N–H and O–H groups in total. The standard InChI is InChI=1S/C11H12N2O/c1-7-5-4-6-9-10(8(2)14)12-13(3)11(7)9/h4-6H,1-3H3. The van der Waals surface area contributed by atoms with Crippen LogP contribution in [0, 0.1) is 6.92 Å². The number of para-hydroxylation sites is 1. The number of Topliss-reactive ketones (excluding diaryl/α,β-unsaturated/α-hetero) is 1. The third-order valence-corrected chi connectivity index (χ3v) is 2.40. The van der Waals surface area contributed by atoms with Crippen molar-refractivity contribution in [1.29, 1.82) is 0 Å². The van der Waals surface area contributed by atoms with E-state index in [1.54, 1.807) is 11.6 Å². The average Bonchev–Trinajstić information content (AvgIpc) is 2.45. The molecule has 0 aliphatic rings. The first-order valence-corrected chi connectivity index (χ1v) is 4.54. The molecule has 2 rings (SSSR count). The van der Waals surface area contributed by atoms with Crippen LogP contribution in [-0.4, -0.2) is 15.6 Å². The smallest absolute Gasteiger partial charge is 0.180 e. The van der Waals surface area contributed by atoms with Gasteiger partial charge in [-0.3, -0.25) is 9.48 Å². The molecule has 0 aliphatic carbocycles. The lowest BCUT2D eigenvalue weighted by molar-refractivity contribution is 0.101. The van der Waals surface area contributed by atoms with E-state index in [1.807, 2.05) is 32.2 Å². The number of aromatic nitrogens is 2. The molecule has 0 spiro atoms. The van der Waals surface area contributed by atoms with Gasteiger partial charge in [-0.2, -0.15) is 5.10 Å². The van der Waals surface area contributed by atoms with Crippen LogP contribution in [0.15, 0.2) is 18.2 Å². The Morgan fingerprint density at radius 3 is 2.79 bits per heavy atom. The molecule has 0 unspecified atom stereocenters. The first-order valence-electron chi connectivity index (χ1n) is 4.54. The Bertz CT molecular complexity index is 511. The summed E-state index contributed by atoms with van der Waals surface area (Å²) in [6.07, 6.45) is 0. The SMILES string of the molecule is CC(=O)c1nn(C)c2c(C)cccc12. The molecule has 0 saturated heterocycles. The third kappa shape index (κ3) is 1.13. The highest BCUT2D eigenvalue weighted by molar-refractivity contribution is 6.05. The molecule has 0 radical (unpaired) electrons. The summed E-state index contributed by atoms with van der Waals surface area (Å²) in [5, 5.41) is 5.16. The summed E-state index contributed by atoms with van der Waals surface area (Å²) in [5.41, 5.74) is 2.74. The van der Waals surface area contributed by atoms with E-state index in [-0.39, 0.29) is 5.78 Å². The summed E-state index contributed by atoms with van der Waals surface area (Å²) >= 11 is 0. The first kappa shape index (κ1) is 8.94. The molecule has 2 aromatic rings. The van der Waals surface area contributed by atoms with Gasteiger partial charge in [0.1, 0.15) is 5.69 Å². The molecule has 1 heterocycles. The normalized spacial score (nSPS) is 10.8. The van der Waals surface area contributed by atoms with Gasteiger partial charge in [-0.15, -0.1) is 0 Å². The number of benzene rings is 1. The maximum atomic E-state index is 11.3. The summed E-state index contributed by atoms with van der Waals surface area (Å²) in [5.74, 6) is 0.0150. The molecule has 1 aromatic carbocycles. The fraction of sp³-hybridized carbons (Fsp3) is 0.273. The second kappa shape index (κ2) is 2.94. The third-order valence-electron chi connectivity index (χ3n) is 2.40. The Kier molecular flexibility index (Phi) is 1.88. The highest BCUT2D eigenvalue weighted by atomic mass is 16.1. The number of aryl methyl sites for hydroxylation is 2. The van der Waals surface area contributed by atoms with E-state index in [4.69, 9.17) is 0 Å². The van der Waals surface area contributed by atoms with Crippen molar-refractivity contribution in [2.75, 3.05) is 0 Å². The topological polar surface area (TPSA) is 34.9 Å². The fourth-order valence-corrected chi connectivity index (χ4v) is 1.79. The molecule has 0 atom stereocenters. The van der Waals surface area contributed by atoms with Crippen molar-refractivity contribution < 1.29 is 4.79 Å². The van der Waals surface area contributed by atoms with Crippen LogP contribution in [0.2, 0.25) is 0 Å². The van der Waals surface area contributed by atoms with Crippen molar-refractivity contribution >= 4 is 16.7 Å². The van der Waals surface area contributed by atoms with Gasteiger partial charge in [0.15, 0.2) is 5.78 Å². The number of rotatable bonds is 1. The van der Waals surface area contributed by atoms with Gasteiger partial charge in [0.2, 0.25) is 0 Å². The highest BCUT2D eigenvalue weighted by Crippen LogP contribution is 2.21. The largest absolute Gasteiger partial charge is 0.293 e. The summed E-state index contributed by atoms with van der Waals surface area (Å²) < 4.78 is 1.77. The Balaban J connectivity index is 2.91. The van der Waals surface area contributed by atoms with Crippen LogP contribution in [0.25, 0.3) is 10.9 Å². The van der Waals surface area contributed by atoms with Crippen molar-refractivity contribution in [3.63, 3.8) is 0 Å². The summed E-state index contributed by atoms with van der Waals surface area (Å²) in [4.78, 5) is 11.3. The number of ketones is 1. The molecule has 0 bridgehead atoms. The quantitative estimate of drug-likeness (QED) is 0.642. The Morgan fingerprint density at radius 1 is 1.43 bits per heavy atom.